The van der Waals surface area contributed by atoms with Crippen molar-refractivity contribution in [3.8, 4) is 38.4 Å². The fraction of sp³-hybridized carbons (Fsp3) is 0. The zero-order valence-electron chi connectivity index (χ0n) is 19.1. The molecule has 152 valence electrons. The summed E-state index contributed by atoms with van der Waals surface area (Å²) in [5.74, 6) is 13.3. The van der Waals surface area contributed by atoms with E-state index in [2.05, 4.69) is 38.4 Å². The van der Waals surface area contributed by atoms with Gasteiger partial charge in [-0.1, -0.05) is 0 Å². The molecule has 4 aromatic rings. The summed E-state index contributed by atoms with van der Waals surface area (Å²) in [4.78, 5) is 0. The molecule has 0 bridgehead atoms. The number of hydrogen-bond acceptors (Lipinski definition) is 0. The molecule has 2 heteroatoms. The van der Waals surface area contributed by atoms with Crippen molar-refractivity contribution in [2.75, 3.05) is 0 Å². The second kappa shape index (κ2) is 13.3. The molecule has 0 radical (unpaired) electrons. The molecular formula is C32H20InLi. The van der Waals surface area contributed by atoms with Gasteiger partial charge in [-0.25, -0.2) is 0 Å². The number of benzene rings is 4. The molecule has 0 aliphatic heterocycles. The van der Waals surface area contributed by atoms with Crippen LogP contribution < -0.4 is 18.9 Å². The molecular weight excluding hydrogens is 506 g/mol. The fourth-order valence-corrected chi connectivity index (χ4v) is 8.68. The zero-order chi connectivity index (χ0) is 22.6. The molecule has 0 aliphatic rings. The van der Waals surface area contributed by atoms with E-state index in [0.717, 1.165) is 22.3 Å². The quantitative estimate of drug-likeness (QED) is 0.245. The predicted octanol–water partition coefficient (Wildman–Crippen LogP) is 2.80. The van der Waals surface area contributed by atoms with Gasteiger partial charge in [-0.15, -0.1) is 0 Å². The standard InChI is InChI=1S/4C8H5.In.Li/c4*1-2-8-6-4-3-5-7-8;;/h4*3-7H;;/q;;;;-1;+1. The van der Waals surface area contributed by atoms with Crippen molar-refractivity contribution in [2.45, 2.75) is 0 Å². The van der Waals surface area contributed by atoms with Gasteiger partial charge >= 0.3 is 221 Å². The van der Waals surface area contributed by atoms with E-state index in [9.17, 15) is 0 Å². The van der Waals surface area contributed by atoms with Crippen LogP contribution in [-0.2, 0) is 0 Å². The average molecular weight is 526 g/mol. The predicted molar refractivity (Wildman–Crippen MR) is 139 cm³/mol. The molecule has 4 aromatic carbocycles. The topological polar surface area (TPSA) is 0 Å². The Kier molecular flexibility index (Phi) is 9.89. The van der Waals surface area contributed by atoms with E-state index in [-0.39, 0.29) is 18.9 Å². The first-order valence-corrected chi connectivity index (χ1v) is 17.4. The molecule has 0 heterocycles. The summed E-state index contributed by atoms with van der Waals surface area (Å²) in [5.41, 5.74) is 3.80. The van der Waals surface area contributed by atoms with Crippen LogP contribution in [0.2, 0.25) is 0 Å². The molecule has 0 spiro atoms. The van der Waals surface area contributed by atoms with Crippen LogP contribution in [0, 0.1) is 38.4 Å². The van der Waals surface area contributed by atoms with Crippen molar-refractivity contribution in [3.05, 3.63) is 144 Å². The third-order valence-electron chi connectivity index (χ3n) is 4.83. The van der Waals surface area contributed by atoms with E-state index < -0.39 is 20.0 Å². The summed E-state index contributed by atoms with van der Waals surface area (Å²) in [6.45, 7) is 0. The minimum Gasteiger partial charge on any atom is 1.00 e. The monoisotopic (exact) mass is 526 g/mol. The molecule has 0 aromatic heterocycles. The smallest absolute Gasteiger partial charge is 1.00 e. The molecule has 0 nitrogen and oxygen atoms in total. The first-order valence-electron chi connectivity index (χ1n) is 10.8. The summed E-state index contributed by atoms with van der Waals surface area (Å²) in [7, 11) is 0. The van der Waals surface area contributed by atoms with E-state index in [1.54, 1.807) is 0 Å². The van der Waals surface area contributed by atoms with Crippen molar-refractivity contribution >= 4 is 20.0 Å². The van der Waals surface area contributed by atoms with Gasteiger partial charge in [0.1, 0.15) is 0 Å². The van der Waals surface area contributed by atoms with Gasteiger partial charge in [-0.2, -0.15) is 0 Å². The molecule has 0 aliphatic carbocycles. The first-order chi connectivity index (χ1) is 16.3. The molecule has 0 N–H and O–H groups in total. The van der Waals surface area contributed by atoms with Crippen LogP contribution in [0.25, 0.3) is 0 Å². The summed E-state index contributed by atoms with van der Waals surface area (Å²) in [6.07, 6.45) is 0. The molecule has 34 heavy (non-hydrogen) atoms. The maximum absolute atomic E-state index is 4.05. The molecule has 0 amide bonds. The molecule has 0 fully saturated rings. The van der Waals surface area contributed by atoms with Crippen molar-refractivity contribution in [3.63, 3.8) is 0 Å². The summed E-state index contributed by atoms with van der Waals surface area (Å²) >= 11 is -4.05. The minimum atomic E-state index is -4.05. The third-order valence-corrected chi connectivity index (χ3v) is 11.4. The summed E-state index contributed by atoms with van der Waals surface area (Å²) in [6, 6.07) is 39.9. The Hall–Kier alpha value is -3.41. The van der Waals surface area contributed by atoms with Crippen molar-refractivity contribution < 1.29 is 18.9 Å². The molecule has 0 saturated heterocycles. The van der Waals surface area contributed by atoms with Gasteiger partial charge in [-0.3, -0.25) is 0 Å². The van der Waals surface area contributed by atoms with E-state index in [4.69, 9.17) is 0 Å². The van der Waals surface area contributed by atoms with Crippen LogP contribution >= 0.6 is 0 Å². The van der Waals surface area contributed by atoms with Crippen LogP contribution in [-0.4, -0.2) is 20.0 Å². The largest absolute Gasteiger partial charge is 1.00 e. The number of rotatable bonds is 0. The third kappa shape index (κ3) is 7.87. The van der Waals surface area contributed by atoms with E-state index in [1.165, 1.54) is 0 Å². The van der Waals surface area contributed by atoms with Gasteiger partial charge in [0.2, 0.25) is 0 Å². The molecule has 0 saturated carbocycles. The van der Waals surface area contributed by atoms with Gasteiger partial charge in [0.25, 0.3) is 0 Å². The Bertz CT molecular complexity index is 1210. The SMILES string of the molecule is C(#[C][In-]([C]#Cc1ccccc1)([C]#Cc1ccccc1)[C]#Cc1ccccc1)c1ccccc1.[Li+]. The van der Waals surface area contributed by atoms with Gasteiger partial charge in [0.05, 0.1) is 0 Å². The molecule has 4 rings (SSSR count). The van der Waals surface area contributed by atoms with Gasteiger partial charge in [0.15, 0.2) is 0 Å². The summed E-state index contributed by atoms with van der Waals surface area (Å²) < 4.78 is 14.0. The number of hydrogen-bond donors (Lipinski definition) is 0. The van der Waals surface area contributed by atoms with Crippen LogP contribution in [0.5, 0.6) is 0 Å². The van der Waals surface area contributed by atoms with Gasteiger partial charge in [0, 0.05) is 0 Å². The van der Waals surface area contributed by atoms with Gasteiger partial charge < -0.3 is 0 Å². The Morgan fingerprint density at radius 3 is 0.735 bits per heavy atom. The second-order valence-corrected chi connectivity index (χ2v) is 15.6. The Balaban J connectivity index is 0.00000324. The zero-order valence-corrected chi connectivity index (χ0v) is 22.4. The van der Waals surface area contributed by atoms with Crippen LogP contribution in [0.4, 0.5) is 0 Å². The van der Waals surface area contributed by atoms with Crippen molar-refractivity contribution in [1.29, 1.82) is 0 Å². The Labute approximate surface area is 219 Å². The van der Waals surface area contributed by atoms with E-state index in [0.29, 0.717) is 0 Å². The molecule has 0 atom stereocenters. The van der Waals surface area contributed by atoms with Crippen LogP contribution in [0.1, 0.15) is 22.3 Å². The summed E-state index contributed by atoms with van der Waals surface area (Å²) in [5, 5.41) is 0. The normalized spacial score (nSPS) is 9.18. The average Bonchev–Trinajstić information content (AvgIpc) is 2.90. The van der Waals surface area contributed by atoms with Gasteiger partial charge in [-0.05, 0) is 0 Å². The van der Waals surface area contributed by atoms with E-state index in [1.807, 2.05) is 121 Å². The Morgan fingerprint density at radius 2 is 0.529 bits per heavy atom. The minimum absolute atomic E-state index is 0. The first kappa shape index (κ1) is 25.2. The Morgan fingerprint density at radius 1 is 0.324 bits per heavy atom. The van der Waals surface area contributed by atoms with E-state index >= 15 is 0 Å². The fourth-order valence-electron chi connectivity index (χ4n) is 3.07. The van der Waals surface area contributed by atoms with Crippen molar-refractivity contribution in [1.82, 2.24) is 0 Å². The van der Waals surface area contributed by atoms with Crippen LogP contribution in [0.15, 0.2) is 121 Å². The maximum Gasteiger partial charge on any atom is 1.00 e. The second-order valence-electron chi connectivity index (χ2n) is 7.41. The maximum atomic E-state index is 3.51. The van der Waals surface area contributed by atoms with Crippen LogP contribution in [0.3, 0.4) is 0 Å². The molecule has 0 unspecified atom stereocenters. The van der Waals surface area contributed by atoms with Crippen molar-refractivity contribution in [2.24, 2.45) is 0 Å².